The smallest absolute Gasteiger partial charge is 0.0695 e. The second-order valence-electron chi connectivity index (χ2n) is 8.14. The Morgan fingerprint density at radius 1 is 1.10 bits per heavy atom. The molecule has 0 bridgehead atoms. The normalized spacial score (nSPS) is 24.6. The highest BCUT2D eigenvalue weighted by atomic mass is 16.3. The minimum Gasteiger partial charge on any atom is -0.391 e. The summed E-state index contributed by atoms with van der Waals surface area (Å²) in [5.74, 6) is 0. The van der Waals surface area contributed by atoms with Crippen LogP contribution in [0.15, 0.2) is 0 Å². The lowest BCUT2D eigenvalue weighted by atomic mass is 9.80. The number of nitrogens with zero attached hydrogens (tertiary/aromatic N) is 1. The van der Waals surface area contributed by atoms with Crippen LogP contribution in [0.25, 0.3) is 0 Å². The Balaban J connectivity index is 2.67. The molecule has 0 aliphatic heterocycles. The van der Waals surface area contributed by atoms with Gasteiger partial charge in [0, 0.05) is 24.7 Å². The number of aliphatic hydroxyl groups excluding tert-OH is 1. The van der Waals surface area contributed by atoms with Crippen molar-refractivity contribution in [2.45, 2.75) is 90.8 Å². The fourth-order valence-electron chi connectivity index (χ4n) is 3.48. The van der Waals surface area contributed by atoms with E-state index in [9.17, 15) is 5.11 Å². The number of rotatable bonds is 7. The van der Waals surface area contributed by atoms with Gasteiger partial charge in [0.05, 0.1) is 6.10 Å². The Kier molecular flexibility index (Phi) is 7.15. The molecule has 0 aromatic heterocycles. The Morgan fingerprint density at radius 2 is 1.67 bits per heavy atom. The fourth-order valence-corrected chi connectivity index (χ4v) is 3.48. The maximum Gasteiger partial charge on any atom is 0.0695 e. The minimum absolute atomic E-state index is 0.134. The molecular formula is C18H38N2O. The second-order valence-corrected chi connectivity index (χ2v) is 8.14. The Hall–Kier alpha value is -0.120. The van der Waals surface area contributed by atoms with Crippen molar-refractivity contribution in [3.63, 3.8) is 0 Å². The van der Waals surface area contributed by atoms with E-state index in [2.05, 4.69) is 51.9 Å². The molecule has 21 heavy (non-hydrogen) atoms. The van der Waals surface area contributed by atoms with E-state index in [1.165, 1.54) is 25.7 Å². The third-order valence-corrected chi connectivity index (χ3v) is 5.34. The van der Waals surface area contributed by atoms with Gasteiger partial charge in [-0.25, -0.2) is 0 Å². The highest BCUT2D eigenvalue weighted by molar-refractivity contribution is 4.89. The van der Waals surface area contributed by atoms with Gasteiger partial charge in [-0.15, -0.1) is 0 Å². The van der Waals surface area contributed by atoms with E-state index >= 15 is 0 Å². The van der Waals surface area contributed by atoms with Gasteiger partial charge in [-0.3, -0.25) is 0 Å². The molecule has 0 saturated heterocycles. The highest BCUT2D eigenvalue weighted by Crippen LogP contribution is 2.30. The van der Waals surface area contributed by atoms with Crippen molar-refractivity contribution in [2.24, 2.45) is 5.41 Å². The first-order chi connectivity index (χ1) is 9.73. The number of hydrogen-bond acceptors (Lipinski definition) is 3. The third kappa shape index (κ3) is 5.88. The third-order valence-electron chi connectivity index (χ3n) is 5.34. The van der Waals surface area contributed by atoms with E-state index in [1.54, 1.807) is 0 Å². The Morgan fingerprint density at radius 3 is 2.14 bits per heavy atom. The summed E-state index contributed by atoms with van der Waals surface area (Å²) in [5, 5.41) is 14.0. The van der Waals surface area contributed by atoms with Gasteiger partial charge in [0.15, 0.2) is 0 Å². The van der Waals surface area contributed by atoms with Crippen molar-refractivity contribution in [2.75, 3.05) is 20.1 Å². The van der Waals surface area contributed by atoms with Crippen LogP contribution in [0.2, 0.25) is 0 Å². The second kappa shape index (κ2) is 7.94. The lowest BCUT2D eigenvalue weighted by Crippen LogP contribution is -2.52. The van der Waals surface area contributed by atoms with Crippen LogP contribution in [-0.2, 0) is 0 Å². The van der Waals surface area contributed by atoms with Crippen molar-refractivity contribution >= 4 is 0 Å². The molecule has 2 N–H and O–H groups in total. The van der Waals surface area contributed by atoms with E-state index in [-0.39, 0.29) is 11.6 Å². The first kappa shape index (κ1) is 18.9. The summed E-state index contributed by atoms with van der Waals surface area (Å²) in [5.41, 5.74) is 0.470. The molecular weight excluding hydrogens is 260 g/mol. The van der Waals surface area contributed by atoms with Crippen LogP contribution >= 0.6 is 0 Å². The molecule has 126 valence electrons. The monoisotopic (exact) mass is 298 g/mol. The van der Waals surface area contributed by atoms with Crippen LogP contribution < -0.4 is 5.32 Å². The van der Waals surface area contributed by atoms with E-state index in [1.807, 2.05) is 0 Å². The van der Waals surface area contributed by atoms with Gasteiger partial charge >= 0.3 is 0 Å². The van der Waals surface area contributed by atoms with Crippen molar-refractivity contribution < 1.29 is 5.11 Å². The topological polar surface area (TPSA) is 35.5 Å². The van der Waals surface area contributed by atoms with E-state index < -0.39 is 0 Å². The molecule has 0 amide bonds. The van der Waals surface area contributed by atoms with E-state index in [0.717, 1.165) is 25.9 Å². The van der Waals surface area contributed by atoms with E-state index in [0.29, 0.717) is 11.5 Å². The summed E-state index contributed by atoms with van der Waals surface area (Å²) in [6.45, 7) is 13.4. The van der Waals surface area contributed by atoms with Gasteiger partial charge in [0.1, 0.15) is 0 Å². The SMILES string of the molecule is CCC(CC)(CNC(C)(C)C)CN(C)C1CCCCC1O. The molecule has 1 saturated carbocycles. The molecule has 0 radical (unpaired) electrons. The summed E-state index contributed by atoms with van der Waals surface area (Å²) in [6.07, 6.45) is 6.79. The van der Waals surface area contributed by atoms with Crippen LogP contribution in [0.3, 0.4) is 0 Å². The highest BCUT2D eigenvalue weighted by Gasteiger charge is 2.34. The summed E-state index contributed by atoms with van der Waals surface area (Å²) < 4.78 is 0. The van der Waals surface area contributed by atoms with Gasteiger partial charge < -0.3 is 15.3 Å². The lowest BCUT2D eigenvalue weighted by Gasteiger charge is -2.43. The van der Waals surface area contributed by atoms with E-state index in [4.69, 9.17) is 0 Å². The molecule has 2 atom stereocenters. The summed E-state index contributed by atoms with van der Waals surface area (Å²) in [6, 6.07) is 0.353. The fraction of sp³-hybridized carbons (Fsp3) is 1.00. The van der Waals surface area contributed by atoms with Crippen LogP contribution in [-0.4, -0.2) is 47.8 Å². The Bertz CT molecular complexity index is 294. The molecule has 0 spiro atoms. The van der Waals surface area contributed by atoms with Crippen LogP contribution in [0.5, 0.6) is 0 Å². The van der Waals surface area contributed by atoms with Crippen LogP contribution in [0.4, 0.5) is 0 Å². The lowest BCUT2D eigenvalue weighted by molar-refractivity contribution is 0.00909. The molecule has 1 fully saturated rings. The minimum atomic E-state index is -0.134. The number of likely N-dealkylation sites (N-methyl/N-ethyl adjacent to an activating group) is 1. The molecule has 0 aromatic rings. The number of nitrogens with one attached hydrogen (secondary N) is 1. The largest absolute Gasteiger partial charge is 0.391 e. The molecule has 2 unspecified atom stereocenters. The van der Waals surface area contributed by atoms with Gasteiger partial charge in [0.25, 0.3) is 0 Å². The van der Waals surface area contributed by atoms with Crippen LogP contribution in [0, 0.1) is 5.41 Å². The predicted octanol–water partition coefficient (Wildman–Crippen LogP) is 3.42. The Labute approximate surface area is 132 Å². The average Bonchev–Trinajstić information content (AvgIpc) is 2.43. The predicted molar refractivity (Wildman–Crippen MR) is 91.7 cm³/mol. The van der Waals surface area contributed by atoms with Gasteiger partial charge in [-0.05, 0) is 58.9 Å². The van der Waals surface area contributed by atoms with Gasteiger partial charge in [-0.1, -0.05) is 26.7 Å². The molecule has 1 rings (SSSR count). The molecule has 3 heteroatoms. The zero-order valence-electron chi connectivity index (χ0n) is 15.2. The van der Waals surface area contributed by atoms with Gasteiger partial charge in [-0.2, -0.15) is 0 Å². The van der Waals surface area contributed by atoms with Crippen molar-refractivity contribution in [1.82, 2.24) is 10.2 Å². The quantitative estimate of drug-likeness (QED) is 0.756. The summed E-state index contributed by atoms with van der Waals surface area (Å²) >= 11 is 0. The molecule has 1 aliphatic carbocycles. The number of aliphatic hydroxyl groups is 1. The summed E-state index contributed by atoms with van der Waals surface area (Å²) in [7, 11) is 2.20. The molecule has 0 aromatic carbocycles. The molecule has 1 aliphatic rings. The zero-order chi connectivity index (χ0) is 16.1. The van der Waals surface area contributed by atoms with Crippen molar-refractivity contribution in [1.29, 1.82) is 0 Å². The van der Waals surface area contributed by atoms with Crippen molar-refractivity contribution in [3.8, 4) is 0 Å². The first-order valence-electron chi connectivity index (χ1n) is 8.86. The zero-order valence-corrected chi connectivity index (χ0v) is 15.2. The molecule has 3 nitrogen and oxygen atoms in total. The maximum absolute atomic E-state index is 10.3. The van der Waals surface area contributed by atoms with Gasteiger partial charge in [0.2, 0.25) is 0 Å². The average molecular weight is 299 g/mol. The van der Waals surface area contributed by atoms with Crippen LogP contribution in [0.1, 0.15) is 73.1 Å². The summed E-state index contributed by atoms with van der Waals surface area (Å²) in [4.78, 5) is 2.43. The number of hydrogen-bond donors (Lipinski definition) is 2. The standard InChI is InChI=1S/C18H38N2O/c1-7-18(8-2,13-19-17(3,4)5)14-20(6)15-11-9-10-12-16(15)21/h15-16,19,21H,7-14H2,1-6H3. The maximum atomic E-state index is 10.3. The first-order valence-corrected chi connectivity index (χ1v) is 8.86. The van der Waals surface area contributed by atoms with Crippen molar-refractivity contribution in [3.05, 3.63) is 0 Å². The molecule has 0 heterocycles.